The first-order valence-corrected chi connectivity index (χ1v) is 8.68. The Hall–Kier alpha value is -3.20. The second-order valence-electron chi connectivity index (χ2n) is 6.71. The van der Waals surface area contributed by atoms with Gasteiger partial charge in [-0.1, -0.05) is 42.0 Å². The van der Waals surface area contributed by atoms with Crippen LogP contribution in [0, 0.1) is 13.8 Å². The molecule has 1 heterocycles. The summed E-state index contributed by atoms with van der Waals surface area (Å²) in [5.41, 5.74) is 4.33. The number of hydrogen-bond acceptors (Lipinski definition) is 2. The van der Waals surface area contributed by atoms with Crippen molar-refractivity contribution in [2.24, 2.45) is 0 Å². The molecular weight excluding hydrogens is 320 g/mol. The van der Waals surface area contributed by atoms with Gasteiger partial charge in [-0.2, -0.15) is 0 Å². The van der Waals surface area contributed by atoms with Crippen molar-refractivity contribution < 1.29 is 4.79 Å². The number of carbonyl (C=O) groups excluding carboxylic acids is 1. The molecule has 3 aromatic carbocycles. The summed E-state index contributed by atoms with van der Waals surface area (Å²) in [4.78, 5) is 19.4. The molecule has 0 unspecified atom stereocenters. The van der Waals surface area contributed by atoms with E-state index in [4.69, 9.17) is 0 Å². The average molecular weight is 340 g/mol. The van der Waals surface area contributed by atoms with Crippen LogP contribution in [-0.2, 0) is 0 Å². The van der Waals surface area contributed by atoms with Gasteiger partial charge in [0.2, 0.25) is 0 Å². The summed E-state index contributed by atoms with van der Waals surface area (Å²) >= 11 is 0. The molecule has 0 aliphatic heterocycles. The molecule has 0 spiro atoms. The molecule has 0 bridgehead atoms. The van der Waals surface area contributed by atoms with Crippen molar-refractivity contribution in [2.75, 3.05) is 11.9 Å². The highest BCUT2D eigenvalue weighted by Crippen LogP contribution is 2.24. The topological polar surface area (TPSA) is 33.2 Å². The zero-order valence-electron chi connectivity index (χ0n) is 15.2. The van der Waals surface area contributed by atoms with E-state index in [-0.39, 0.29) is 5.91 Å². The molecule has 4 rings (SSSR count). The van der Waals surface area contributed by atoms with Gasteiger partial charge in [-0.05, 0) is 55.0 Å². The van der Waals surface area contributed by atoms with Gasteiger partial charge in [0.05, 0.1) is 16.8 Å². The zero-order chi connectivity index (χ0) is 18.3. The first-order valence-electron chi connectivity index (χ1n) is 8.68. The maximum Gasteiger partial charge on any atom is 0.259 e. The first-order chi connectivity index (χ1) is 12.5. The fourth-order valence-electron chi connectivity index (χ4n) is 3.29. The maximum atomic E-state index is 13.1. The summed E-state index contributed by atoms with van der Waals surface area (Å²) < 4.78 is 0. The summed E-state index contributed by atoms with van der Waals surface area (Å²) in [6, 6.07) is 22.3. The Bertz CT molecular complexity index is 1150. The molecule has 26 heavy (non-hydrogen) atoms. The monoisotopic (exact) mass is 340 g/mol. The first kappa shape index (κ1) is 16.3. The standard InChI is InChI=1S/C23H20N2O/c1-15-8-11-22-19(12-15)14-21(16(2)24-22)23(26)25(3)20-10-9-17-6-4-5-7-18(17)13-20/h4-14H,1-3H3. The number of hydrogen-bond donors (Lipinski definition) is 0. The van der Waals surface area contributed by atoms with Crippen molar-refractivity contribution in [3.05, 3.63) is 83.6 Å². The van der Waals surface area contributed by atoms with Gasteiger partial charge in [0.25, 0.3) is 5.91 Å². The Morgan fingerprint density at radius 2 is 1.62 bits per heavy atom. The summed E-state index contributed by atoms with van der Waals surface area (Å²) in [5.74, 6) is -0.0475. The van der Waals surface area contributed by atoms with Crippen LogP contribution in [0.4, 0.5) is 5.69 Å². The fourth-order valence-corrected chi connectivity index (χ4v) is 3.29. The number of amides is 1. The highest BCUT2D eigenvalue weighted by Gasteiger charge is 2.17. The highest BCUT2D eigenvalue weighted by molar-refractivity contribution is 6.08. The Kier molecular flexibility index (Phi) is 3.92. The van der Waals surface area contributed by atoms with E-state index < -0.39 is 0 Å². The van der Waals surface area contributed by atoms with Gasteiger partial charge in [0, 0.05) is 18.1 Å². The summed E-state index contributed by atoms with van der Waals surface area (Å²) in [7, 11) is 1.81. The molecule has 0 aliphatic rings. The highest BCUT2D eigenvalue weighted by atomic mass is 16.2. The number of aryl methyl sites for hydroxylation is 2. The number of fused-ring (bicyclic) bond motifs is 2. The number of benzene rings is 3. The van der Waals surface area contributed by atoms with Gasteiger partial charge in [0.1, 0.15) is 0 Å². The van der Waals surface area contributed by atoms with E-state index in [1.54, 1.807) is 4.90 Å². The minimum Gasteiger partial charge on any atom is -0.311 e. The normalized spacial score (nSPS) is 11.0. The van der Waals surface area contributed by atoms with Gasteiger partial charge in [-0.3, -0.25) is 9.78 Å². The van der Waals surface area contributed by atoms with E-state index in [0.717, 1.165) is 38.6 Å². The lowest BCUT2D eigenvalue weighted by Gasteiger charge is -2.19. The summed E-state index contributed by atoms with van der Waals surface area (Å²) in [6.07, 6.45) is 0. The van der Waals surface area contributed by atoms with E-state index >= 15 is 0 Å². The van der Waals surface area contributed by atoms with Crippen LogP contribution in [0.5, 0.6) is 0 Å². The van der Waals surface area contributed by atoms with Crippen LogP contribution in [0.3, 0.4) is 0 Å². The van der Waals surface area contributed by atoms with Gasteiger partial charge in [0.15, 0.2) is 0 Å². The van der Waals surface area contributed by atoms with E-state index in [1.165, 1.54) is 0 Å². The number of nitrogens with zero attached hydrogens (tertiary/aromatic N) is 2. The van der Waals surface area contributed by atoms with Crippen LogP contribution < -0.4 is 4.90 Å². The molecule has 128 valence electrons. The van der Waals surface area contributed by atoms with Crippen LogP contribution in [0.25, 0.3) is 21.7 Å². The summed E-state index contributed by atoms with van der Waals surface area (Å²) in [6.45, 7) is 3.93. The van der Waals surface area contributed by atoms with Crippen LogP contribution >= 0.6 is 0 Å². The van der Waals surface area contributed by atoms with Crippen molar-refractivity contribution in [1.29, 1.82) is 0 Å². The lowest BCUT2D eigenvalue weighted by Crippen LogP contribution is -2.27. The van der Waals surface area contributed by atoms with Crippen LogP contribution in [0.1, 0.15) is 21.6 Å². The molecule has 0 fully saturated rings. The Labute approximate surface area is 152 Å². The van der Waals surface area contributed by atoms with Crippen molar-refractivity contribution in [3.8, 4) is 0 Å². The second-order valence-corrected chi connectivity index (χ2v) is 6.71. The fraction of sp³-hybridized carbons (Fsp3) is 0.130. The zero-order valence-corrected chi connectivity index (χ0v) is 15.2. The molecule has 0 saturated heterocycles. The number of rotatable bonds is 2. The predicted molar refractivity (Wildman–Crippen MR) is 108 cm³/mol. The predicted octanol–water partition coefficient (Wildman–Crippen LogP) is 5.28. The third-order valence-corrected chi connectivity index (χ3v) is 4.82. The SMILES string of the molecule is Cc1ccc2nc(C)c(C(=O)N(C)c3ccc4ccccc4c3)cc2c1. The number of pyridine rings is 1. The summed E-state index contributed by atoms with van der Waals surface area (Å²) in [5, 5.41) is 3.27. The molecule has 0 aliphatic carbocycles. The smallest absolute Gasteiger partial charge is 0.259 e. The van der Waals surface area contributed by atoms with Crippen LogP contribution in [-0.4, -0.2) is 17.9 Å². The Balaban J connectivity index is 1.75. The molecule has 0 N–H and O–H groups in total. The minimum absolute atomic E-state index is 0.0475. The molecule has 1 amide bonds. The Morgan fingerprint density at radius 1 is 0.846 bits per heavy atom. The maximum absolute atomic E-state index is 13.1. The van der Waals surface area contributed by atoms with Gasteiger partial charge in [-0.25, -0.2) is 0 Å². The average Bonchev–Trinajstić information content (AvgIpc) is 2.66. The molecule has 1 aromatic heterocycles. The lowest BCUT2D eigenvalue weighted by molar-refractivity contribution is 0.0992. The molecule has 0 atom stereocenters. The molecule has 3 nitrogen and oxygen atoms in total. The van der Waals surface area contributed by atoms with Crippen molar-refractivity contribution in [3.63, 3.8) is 0 Å². The minimum atomic E-state index is -0.0475. The molecule has 3 heteroatoms. The second kappa shape index (κ2) is 6.26. The molecular formula is C23H20N2O. The third kappa shape index (κ3) is 2.82. The number of anilines is 1. The van der Waals surface area contributed by atoms with Gasteiger partial charge in [-0.15, -0.1) is 0 Å². The quantitative estimate of drug-likeness (QED) is 0.497. The van der Waals surface area contributed by atoms with Crippen molar-refractivity contribution in [1.82, 2.24) is 4.98 Å². The van der Waals surface area contributed by atoms with Gasteiger partial charge >= 0.3 is 0 Å². The van der Waals surface area contributed by atoms with Crippen molar-refractivity contribution >= 4 is 33.3 Å². The molecule has 0 saturated carbocycles. The van der Waals surface area contributed by atoms with E-state index in [0.29, 0.717) is 5.56 Å². The number of aromatic nitrogens is 1. The Morgan fingerprint density at radius 3 is 2.42 bits per heavy atom. The van der Waals surface area contributed by atoms with Gasteiger partial charge < -0.3 is 4.90 Å². The van der Waals surface area contributed by atoms with E-state index in [1.807, 2.05) is 69.4 Å². The van der Waals surface area contributed by atoms with Crippen LogP contribution in [0.15, 0.2) is 66.7 Å². The lowest BCUT2D eigenvalue weighted by atomic mass is 10.1. The number of carbonyl (C=O) groups is 1. The largest absolute Gasteiger partial charge is 0.311 e. The van der Waals surface area contributed by atoms with Crippen molar-refractivity contribution in [2.45, 2.75) is 13.8 Å². The van der Waals surface area contributed by atoms with E-state index in [2.05, 4.69) is 23.2 Å². The molecule has 0 radical (unpaired) electrons. The van der Waals surface area contributed by atoms with Crippen LogP contribution in [0.2, 0.25) is 0 Å². The van der Waals surface area contributed by atoms with E-state index in [9.17, 15) is 4.79 Å². The third-order valence-electron chi connectivity index (χ3n) is 4.82. The molecule has 4 aromatic rings.